The van der Waals surface area contributed by atoms with E-state index in [0.717, 1.165) is 95.2 Å². The molecule has 2 saturated carbocycles. The molecule has 250 valence electrons. The van der Waals surface area contributed by atoms with Crippen molar-refractivity contribution in [1.82, 2.24) is 0 Å². The fraction of sp³-hybridized carbons (Fsp3) is 0.318. The fourth-order valence-electron chi connectivity index (χ4n) is 8.58. The molecule has 0 saturated heterocycles. The van der Waals surface area contributed by atoms with Crippen LogP contribution in [-0.4, -0.2) is 17.9 Å². The van der Waals surface area contributed by atoms with Crippen LogP contribution in [0.3, 0.4) is 0 Å². The predicted octanol–water partition coefficient (Wildman–Crippen LogP) is 11.0. The molecule has 2 aliphatic carbocycles. The smallest absolute Gasteiger partial charge is 0.223 e. The molecule has 2 aliphatic rings. The van der Waals surface area contributed by atoms with Gasteiger partial charge in [-0.05, 0) is 94.2 Å². The minimum absolute atomic E-state index is 0.0991. The summed E-state index contributed by atoms with van der Waals surface area (Å²) in [5.41, 5.74) is 7.37. The minimum Gasteiger partial charge on any atom is -0.324 e. The molecule has 7 rings (SSSR count). The van der Waals surface area contributed by atoms with Crippen LogP contribution in [-0.2, 0) is 9.59 Å². The first-order valence-electron chi connectivity index (χ1n) is 17.9. The second-order valence-corrected chi connectivity index (χ2v) is 14.1. The number of hydrogen-bond donors (Lipinski definition) is 2. The third kappa shape index (κ3) is 6.35. The lowest BCUT2D eigenvalue weighted by atomic mass is 9.77. The Labute approximate surface area is 294 Å². The van der Waals surface area contributed by atoms with Crippen molar-refractivity contribution in [3.63, 3.8) is 0 Å². The van der Waals surface area contributed by atoms with E-state index >= 15 is 0 Å². The zero-order chi connectivity index (χ0) is 34.8. The van der Waals surface area contributed by atoms with Crippen molar-refractivity contribution in [2.45, 2.75) is 83.1 Å². The number of fused-ring (bicyclic) bond motifs is 2. The topological polar surface area (TPSA) is 86.3 Å². The summed E-state index contributed by atoms with van der Waals surface area (Å²) in [7, 11) is 0. The number of hydrogen-bond acceptors (Lipinski definition) is 3. The highest BCUT2D eigenvalue weighted by atomic mass is 16.2. The number of rotatable bonds is 6. The molecule has 0 radical (unpaired) electrons. The van der Waals surface area contributed by atoms with Gasteiger partial charge in [0.25, 0.3) is 0 Å². The van der Waals surface area contributed by atoms with Crippen molar-refractivity contribution >= 4 is 44.7 Å². The zero-order valence-corrected chi connectivity index (χ0v) is 28.8. The Morgan fingerprint density at radius 2 is 1.04 bits per heavy atom. The Morgan fingerprint density at radius 1 is 0.620 bits per heavy atom. The number of nitrogens with zero attached hydrogens (tertiary/aromatic N) is 2. The molecule has 5 aromatic carbocycles. The quantitative estimate of drug-likeness (QED) is 0.178. The van der Waals surface area contributed by atoms with Gasteiger partial charge in [-0.2, -0.15) is 5.26 Å². The third-order valence-electron chi connectivity index (χ3n) is 10.9. The van der Waals surface area contributed by atoms with Crippen LogP contribution in [0.1, 0.15) is 88.2 Å². The predicted molar refractivity (Wildman–Crippen MR) is 203 cm³/mol. The molecule has 0 spiro atoms. The Hall–Kier alpha value is -5.46. The SMILES string of the molecule is [C-]#[N+]C1CCC(c2cccc3cccc(-c4ccc(-c5cccc6cccc(C7CCC(C#N)CC7)c56)c(NC(C)=O)c4NC(C)=O)c23)CC1. The van der Waals surface area contributed by atoms with Crippen molar-refractivity contribution in [2.75, 3.05) is 10.6 Å². The average Bonchev–Trinajstić information content (AvgIpc) is 3.14. The number of nitrogens with one attached hydrogen (secondary N) is 2. The van der Waals surface area contributed by atoms with E-state index in [2.05, 4.69) is 106 Å². The molecule has 0 heterocycles. The van der Waals surface area contributed by atoms with Crippen LogP contribution in [0.5, 0.6) is 0 Å². The van der Waals surface area contributed by atoms with Gasteiger partial charge in [-0.1, -0.05) is 84.9 Å². The van der Waals surface area contributed by atoms with Crippen LogP contribution in [0.4, 0.5) is 11.4 Å². The standard InChI is InChI=1S/C44H42N4O2/c1-27(49)47-43-39(37-14-6-10-32-8-4-12-35(41(32)37)30-18-16-29(26-45)17-19-30)24-25-40(44(43)48-28(2)50)38-15-7-11-33-9-5-13-36(42(33)38)31-20-22-34(46-3)23-21-31/h4-15,24-25,29-31,34H,16-23H2,1-2H3,(H,47,49)(H,48,50). The summed E-state index contributed by atoms with van der Waals surface area (Å²) in [4.78, 5) is 29.8. The summed E-state index contributed by atoms with van der Waals surface area (Å²) in [6.45, 7) is 10.6. The zero-order valence-electron chi connectivity index (χ0n) is 28.8. The molecule has 6 nitrogen and oxygen atoms in total. The van der Waals surface area contributed by atoms with Gasteiger partial charge in [0.05, 0.1) is 17.4 Å². The highest BCUT2D eigenvalue weighted by Crippen LogP contribution is 2.49. The van der Waals surface area contributed by atoms with Crippen LogP contribution in [0.15, 0.2) is 84.9 Å². The molecule has 2 amide bonds. The van der Waals surface area contributed by atoms with Gasteiger partial charge < -0.3 is 15.5 Å². The molecule has 2 fully saturated rings. The molecule has 0 unspecified atom stereocenters. The molecule has 2 N–H and O–H groups in total. The normalized spacial score (nSPS) is 20.5. The number of carbonyl (C=O) groups excluding carboxylic acids is 2. The lowest BCUT2D eigenvalue weighted by Gasteiger charge is -2.28. The number of benzene rings is 5. The van der Waals surface area contributed by atoms with Gasteiger partial charge in [-0.25, -0.2) is 6.57 Å². The van der Waals surface area contributed by atoms with Crippen LogP contribution < -0.4 is 10.6 Å². The Bertz CT molecular complexity index is 2020. The summed E-state index contributed by atoms with van der Waals surface area (Å²) >= 11 is 0. The van der Waals surface area contributed by atoms with Crippen LogP contribution in [0, 0.1) is 23.8 Å². The van der Waals surface area contributed by atoms with Gasteiger partial charge in [-0.15, -0.1) is 0 Å². The molecule has 0 atom stereocenters. The maximum atomic E-state index is 13.0. The highest BCUT2D eigenvalue weighted by molar-refractivity contribution is 6.13. The van der Waals surface area contributed by atoms with E-state index in [-0.39, 0.29) is 23.8 Å². The van der Waals surface area contributed by atoms with Gasteiger partial charge in [0.2, 0.25) is 17.9 Å². The summed E-state index contributed by atoms with van der Waals surface area (Å²) in [6.07, 6.45) is 7.45. The molecule has 0 aromatic heterocycles. The van der Waals surface area contributed by atoms with E-state index in [4.69, 9.17) is 6.57 Å². The van der Waals surface area contributed by atoms with Crippen molar-refractivity contribution in [1.29, 1.82) is 5.26 Å². The first-order chi connectivity index (χ1) is 24.4. The van der Waals surface area contributed by atoms with E-state index in [1.807, 2.05) is 0 Å². The highest BCUT2D eigenvalue weighted by Gasteiger charge is 2.29. The first kappa shape index (κ1) is 33.1. The first-order valence-corrected chi connectivity index (χ1v) is 17.9. The molecule has 6 heteroatoms. The van der Waals surface area contributed by atoms with Gasteiger partial charge in [-0.3, -0.25) is 9.59 Å². The number of amides is 2. The van der Waals surface area contributed by atoms with Crippen LogP contribution in [0.25, 0.3) is 48.6 Å². The molecular formula is C44H42N4O2. The lowest BCUT2D eigenvalue weighted by Crippen LogP contribution is -2.15. The number of anilines is 2. The van der Waals surface area contributed by atoms with Crippen LogP contribution in [0.2, 0.25) is 0 Å². The summed E-state index contributed by atoms with van der Waals surface area (Å²) in [5.74, 6) is 0.347. The van der Waals surface area contributed by atoms with Gasteiger partial charge in [0, 0.05) is 43.7 Å². The second-order valence-electron chi connectivity index (χ2n) is 14.1. The van der Waals surface area contributed by atoms with E-state index in [9.17, 15) is 14.9 Å². The van der Waals surface area contributed by atoms with Gasteiger partial charge in [0.15, 0.2) is 0 Å². The second kappa shape index (κ2) is 14.2. The fourth-order valence-corrected chi connectivity index (χ4v) is 8.58. The van der Waals surface area contributed by atoms with Crippen molar-refractivity contribution in [3.8, 4) is 28.3 Å². The molecular weight excluding hydrogens is 617 g/mol. The third-order valence-corrected chi connectivity index (χ3v) is 10.9. The van der Waals surface area contributed by atoms with Crippen molar-refractivity contribution in [2.24, 2.45) is 5.92 Å². The van der Waals surface area contributed by atoms with E-state index in [1.54, 1.807) is 0 Å². The Morgan fingerprint density at radius 3 is 1.44 bits per heavy atom. The Balaban J connectivity index is 1.44. The van der Waals surface area contributed by atoms with Crippen LogP contribution >= 0.6 is 0 Å². The van der Waals surface area contributed by atoms with E-state index in [0.29, 0.717) is 23.2 Å². The van der Waals surface area contributed by atoms with Crippen molar-refractivity contribution in [3.05, 3.63) is 107 Å². The molecule has 0 aliphatic heterocycles. The van der Waals surface area contributed by atoms with Gasteiger partial charge in [0.1, 0.15) is 0 Å². The molecule has 5 aromatic rings. The number of nitriles is 1. The van der Waals surface area contributed by atoms with Crippen molar-refractivity contribution < 1.29 is 9.59 Å². The van der Waals surface area contributed by atoms with E-state index in [1.165, 1.54) is 25.0 Å². The molecule has 0 bridgehead atoms. The van der Waals surface area contributed by atoms with E-state index < -0.39 is 0 Å². The average molecular weight is 659 g/mol. The minimum atomic E-state index is -0.222. The molecule has 50 heavy (non-hydrogen) atoms. The lowest BCUT2D eigenvalue weighted by molar-refractivity contribution is -0.115. The summed E-state index contributed by atoms with van der Waals surface area (Å²) in [6, 6.07) is 32.3. The largest absolute Gasteiger partial charge is 0.324 e. The Kier molecular flexibility index (Phi) is 9.38. The maximum absolute atomic E-state index is 13.0. The van der Waals surface area contributed by atoms with Gasteiger partial charge >= 0.3 is 0 Å². The summed E-state index contributed by atoms with van der Waals surface area (Å²) < 4.78 is 0. The maximum Gasteiger partial charge on any atom is 0.223 e. The monoisotopic (exact) mass is 658 g/mol. The summed E-state index contributed by atoms with van der Waals surface area (Å²) in [5, 5.41) is 20.4. The number of carbonyl (C=O) groups is 2.